The number of nitrogens with zero attached hydrogens (tertiary/aromatic N) is 2. The third-order valence-corrected chi connectivity index (χ3v) is 5.54. The van der Waals surface area contributed by atoms with Crippen molar-refractivity contribution in [3.63, 3.8) is 0 Å². The van der Waals surface area contributed by atoms with Crippen LogP contribution in [0.25, 0.3) is 0 Å². The monoisotopic (exact) mass is 397 g/mol. The molecule has 1 fully saturated rings. The summed E-state index contributed by atoms with van der Waals surface area (Å²) in [6.45, 7) is 3.82. The van der Waals surface area contributed by atoms with Crippen LogP contribution < -0.4 is 15.5 Å². The van der Waals surface area contributed by atoms with E-state index < -0.39 is 0 Å². The van der Waals surface area contributed by atoms with Crippen LogP contribution in [0.1, 0.15) is 50.3 Å². The van der Waals surface area contributed by atoms with Gasteiger partial charge in [-0.2, -0.15) is 5.10 Å². The molecule has 29 heavy (non-hydrogen) atoms. The van der Waals surface area contributed by atoms with E-state index >= 15 is 0 Å². The fourth-order valence-electron chi connectivity index (χ4n) is 4.03. The third kappa shape index (κ3) is 4.21. The average Bonchev–Trinajstić information content (AvgIpc) is 3.36. The van der Waals surface area contributed by atoms with Crippen LogP contribution in [-0.4, -0.2) is 41.4 Å². The number of hydrogen-bond acceptors (Lipinski definition) is 5. The number of likely N-dealkylation sites (N-methyl/N-ethyl adjacent to an activating group) is 1. The van der Waals surface area contributed by atoms with E-state index in [9.17, 15) is 9.59 Å². The molecule has 2 aromatic rings. The molecule has 1 aromatic heterocycles. The lowest BCUT2D eigenvalue weighted by atomic mass is 10.0. The summed E-state index contributed by atoms with van der Waals surface area (Å²) in [5, 5.41) is 13.5. The number of nitrogens with one attached hydrogen (secondary N) is 3. The Morgan fingerprint density at radius 1 is 1.31 bits per heavy atom. The van der Waals surface area contributed by atoms with Gasteiger partial charge >= 0.3 is 6.09 Å². The summed E-state index contributed by atoms with van der Waals surface area (Å²) in [6, 6.07) is 7.99. The molecule has 1 aromatic carbocycles. The van der Waals surface area contributed by atoms with E-state index in [4.69, 9.17) is 4.74 Å². The Hall–Kier alpha value is -3.03. The zero-order valence-corrected chi connectivity index (χ0v) is 17.0. The number of H-pyrrole nitrogens is 1. The molecular weight excluding hydrogens is 370 g/mol. The Morgan fingerprint density at radius 3 is 2.93 bits per heavy atom. The summed E-state index contributed by atoms with van der Waals surface area (Å²) in [4.78, 5) is 25.3. The lowest BCUT2D eigenvalue weighted by molar-refractivity contribution is -0.117. The first-order chi connectivity index (χ1) is 13.9. The molecule has 0 saturated heterocycles. The minimum Gasteiger partial charge on any atom is -0.446 e. The van der Waals surface area contributed by atoms with Crippen LogP contribution in [0.2, 0.25) is 0 Å². The SMILES string of the molecule is CC(C)NC(=O)O[C@@H]1CC[C@H](c2cc(Nc3ccc4c(c3)N(C)C(=O)C4)n[nH]2)C1. The number of carbonyl (C=O) groups excluding carboxylic acids is 2. The molecule has 4 rings (SSSR count). The van der Waals surface area contributed by atoms with Crippen molar-refractivity contribution in [2.45, 2.75) is 57.6 Å². The molecule has 1 aliphatic heterocycles. The van der Waals surface area contributed by atoms with Gasteiger partial charge in [-0.05, 0) is 50.8 Å². The van der Waals surface area contributed by atoms with E-state index in [0.29, 0.717) is 12.3 Å². The normalized spacial score (nSPS) is 20.8. The van der Waals surface area contributed by atoms with E-state index in [1.165, 1.54) is 0 Å². The van der Waals surface area contributed by atoms with Gasteiger partial charge in [0.25, 0.3) is 0 Å². The van der Waals surface area contributed by atoms with Crippen LogP contribution in [0, 0.1) is 0 Å². The fourth-order valence-corrected chi connectivity index (χ4v) is 4.03. The van der Waals surface area contributed by atoms with Crippen molar-refractivity contribution in [2.75, 3.05) is 17.3 Å². The van der Waals surface area contributed by atoms with Crippen LogP contribution in [0.3, 0.4) is 0 Å². The number of aromatic amines is 1. The zero-order valence-electron chi connectivity index (χ0n) is 17.0. The minimum atomic E-state index is -0.349. The summed E-state index contributed by atoms with van der Waals surface area (Å²) < 4.78 is 5.51. The summed E-state index contributed by atoms with van der Waals surface area (Å²) in [6.07, 6.45) is 2.63. The lowest BCUT2D eigenvalue weighted by Crippen LogP contribution is -2.33. The molecule has 2 amide bonds. The number of aromatic nitrogens is 2. The van der Waals surface area contributed by atoms with Crippen molar-refractivity contribution in [2.24, 2.45) is 0 Å². The first-order valence-electron chi connectivity index (χ1n) is 10.1. The number of alkyl carbamates (subject to hydrolysis) is 1. The van der Waals surface area contributed by atoms with Crippen LogP contribution in [0.15, 0.2) is 24.3 Å². The highest BCUT2D eigenvalue weighted by Crippen LogP contribution is 2.36. The second-order valence-corrected chi connectivity index (χ2v) is 8.14. The predicted molar refractivity (Wildman–Crippen MR) is 111 cm³/mol. The Kier molecular flexibility index (Phi) is 5.17. The number of ether oxygens (including phenoxy) is 1. The number of rotatable bonds is 5. The Bertz CT molecular complexity index is 923. The Labute approximate surface area is 170 Å². The first-order valence-corrected chi connectivity index (χ1v) is 10.1. The van der Waals surface area contributed by atoms with Gasteiger partial charge in [-0.3, -0.25) is 9.89 Å². The second-order valence-electron chi connectivity index (χ2n) is 8.14. The maximum atomic E-state index is 11.8. The molecule has 0 spiro atoms. The van der Waals surface area contributed by atoms with Gasteiger partial charge in [0.15, 0.2) is 5.82 Å². The molecule has 3 N–H and O–H groups in total. The summed E-state index contributed by atoms with van der Waals surface area (Å²) in [7, 11) is 1.80. The maximum Gasteiger partial charge on any atom is 0.407 e. The molecule has 8 heteroatoms. The topological polar surface area (TPSA) is 99.3 Å². The molecule has 2 heterocycles. The van der Waals surface area contributed by atoms with Crippen molar-refractivity contribution in [3.8, 4) is 0 Å². The number of hydrogen-bond donors (Lipinski definition) is 3. The van der Waals surface area contributed by atoms with E-state index in [-0.39, 0.29) is 24.1 Å². The fraction of sp³-hybridized carbons (Fsp3) is 0.476. The minimum absolute atomic E-state index is 0.0664. The highest BCUT2D eigenvalue weighted by atomic mass is 16.6. The number of amides is 2. The standard InChI is InChI=1S/C21H27N5O3/c1-12(2)22-21(28)29-16-7-5-13(8-16)17-11-19(25-24-17)23-15-6-4-14-9-20(27)26(3)18(14)10-15/h4,6,10-13,16H,5,7-9H2,1-3H3,(H,22,28)(H2,23,24,25)/t13-,16+/m0/s1. The van der Waals surface area contributed by atoms with Gasteiger partial charge in [0.05, 0.1) is 6.42 Å². The number of benzene rings is 1. The van der Waals surface area contributed by atoms with Crippen LogP contribution in [-0.2, 0) is 16.0 Å². The Balaban J connectivity index is 1.36. The maximum absolute atomic E-state index is 11.8. The second kappa shape index (κ2) is 7.77. The summed E-state index contributed by atoms with van der Waals surface area (Å²) >= 11 is 0. The molecular formula is C21H27N5O3. The largest absolute Gasteiger partial charge is 0.446 e. The van der Waals surface area contributed by atoms with Gasteiger partial charge in [-0.15, -0.1) is 0 Å². The molecule has 2 aliphatic rings. The average molecular weight is 397 g/mol. The molecule has 0 bridgehead atoms. The van der Waals surface area contributed by atoms with Gasteiger partial charge in [-0.1, -0.05) is 6.07 Å². The Morgan fingerprint density at radius 2 is 2.14 bits per heavy atom. The van der Waals surface area contributed by atoms with Gasteiger partial charge in [0.1, 0.15) is 6.10 Å². The van der Waals surface area contributed by atoms with Crippen molar-refractivity contribution >= 4 is 29.2 Å². The van der Waals surface area contributed by atoms with E-state index in [1.54, 1.807) is 11.9 Å². The molecule has 0 unspecified atom stereocenters. The third-order valence-electron chi connectivity index (χ3n) is 5.54. The number of fused-ring (bicyclic) bond motifs is 1. The summed E-state index contributed by atoms with van der Waals surface area (Å²) in [5.41, 5.74) is 3.91. The molecule has 1 saturated carbocycles. The highest BCUT2D eigenvalue weighted by Gasteiger charge is 2.30. The highest BCUT2D eigenvalue weighted by molar-refractivity contribution is 6.01. The van der Waals surface area contributed by atoms with Gasteiger partial charge < -0.3 is 20.3 Å². The van der Waals surface area contributed by atoms with E-state index in [2.05, 4.69) is 20.8 Å². The zero-order chi connectivity index (χ0) is 20.5. The number of anilines is 3. The van der Waals surface area contributed by atoms with Crippen molar-refractivity contribution in [1.29, 1.82) is 0 Å². The van der Waals surface area contributed by atoms with Crippen molar-refractivity contribution in [1.82, 2.24) is 15.5 Å². The van der Waals surface area contributed by atoms with Crippen molar-refractivity contribution in [3.05, 3.63) is 35.5 Å². The summed E-state index contributed by atoms with van der Waals surface area (Å²) in [5.74, 6) is 1.13. The van der Waals surface area contributed by atoms with E-state index in [0.717, 1.165) is 47.7 Å². The van der Waals surface area contributed by atoms with E-state index in [1.807, 2.05) is 38.1 Å². The molecule has 1 aliphatic carbocycles. The smallest absolute Gasteiger partial charge is 0.407 e. The molecule has 2 atom stereocenters. The van der Waals surface area contributed by atoms with Crippen LogP contribution >= 0.6 is 0 Å². The predicted octanol–water partition coefficient (Wildman–Crippen LogP) is 3.44. The number of carbonyl (C=O) groups is 2. The van der Waals surface area contributed by atoms with Gasteiger partial charge in [0, 0.05) is 42.1 Å². The first kappa shape index (κ1) is 19.3. The van der Waals surface area contributed by atoms with Crippen molar-refractivity contribution < 1.29 is 14.3 Å². The lowest BCUT2D eigenvalue weighted by Gasteiger charge is -2.14. The molecule has 0 radical (unpaired) electrons. The molecule has 154 valence electrons. The van der Waals surface area contributed by atoms with Gasteiger partial charge in [-0.25, -0.2) is 4.79 Å². The van der Waals surface area contributed by atoms with Crippen LogP contribution in [0.4, 0.5) is 22.0 Å². The quantitative estimate of drug-likeness (QED) is 0.718. The molecule has 8 nitrogen and oxygen atoms in total. The van der Waals surface area contributed by atoms with Gasteiger partial charge in [0.2, 0.25) is 5.91 Å². The van der Waals surface area contributed by atoms with Crippen LogP contribution in [0.5, 0.6) is 0 Å².